The lowest BCUT2D eigenvalue weighted by molar-refractivity contribution is 0.0698. The lowest BCUT2D eigenvalue weighted by atomic mass is 10.1. The van der Waals surface area contributed by atoms with Crippen LogP contribution in [0.5, 0.6) is 0 Å². The van der Waals surface area contributed by atoms with Gasteiger partial charge < -0.3 is 10.4 Å². The largest absolute Gasteiger partial charge is 0.478 e. The van der Waals surface area contributed by atoms with Crippen LogP contribution in [0.2, 0.25) is 0 Å². The first-order valence-corrected chi connectivity index (χ1v) is 6.03. The van der Waals surface area contributed by atoms with Gasteiger partial charge in [-0.15, -0.1) is 0 Å². The van der Waals surface area contributed by atoms with Gasteiger partial charge in [-0.2, -0.15) is 5.10 Å². The zero-order valence-corrected chi connectivity index (χ0v) is 10.7. The van der Waals surface area contributed by atoms with E-state index in [9.17, 15) is 9.90 Å². The van der Waals surface area contributed by atoms with Crippen molar-refractivity contribution in [1.82, 2.24) is 14.8 Å². The summed E-state index contributed by atoms with van der Waals surface area (Å²) in [6, 6.07) is 10.7. The van der Waals surface area contributed by atoms with Crippen LogP contribution in [0.4, 0.5) is 11.6 Å². The van der Waals surface area contributed by atoms with Crippen LogP contribution in [0, 0.1) is 0 Å². The number of nitrogens with one attached hydrogen (secondary N) is 1. The topological polar surface area (TPSA) is 80.0 Å². The molecule has 6 heteroatoms. The van der Waals surface area contributed by atoms with E-state index in [1.165, 1.54) is 0 Å². The number of aromatic carboxylic acids is 1. The predicted molar refractivity (Wildman–Crippen MR) is 75.2 cm³/mol. The fraction of sp³-hybridized carbons (Fsp3) is 0.0714. The smallest absolute Gasteiger partial charge is 0.339 e. The van der Waals surface area contributed by atoms with Crippen LogP contribution >= 0.6 is 0 Å². The van der Waals surface area contributed by atoms with Gasteiger partial charge in [0.05, 0.1) is 5.52 Å². The number of anilines is 2. The molecule has 0 radical (unpaired) electrons. The first-order valence-electron chi connectivity index (χ1n) is 6.03. The molecular weight excluding hydrogens is 256 g/mol. The van der Waals surface area contributed by atoms with Gasteiger partial charge in [0.1, 0.15) is 11.4 Å². The monoisotopic (exact) mass is 268 g/mol. The lowest BCUT2D eigenvalue weighted by Gasteiger charge is -2.08. The van der Waals surface area contributed by atoms with E-state index in [1.54, 1.807) is 30.1 Å². The van der Waals surface area contributed by atoms with E-state index in [-0.39, 0.29) is 11.4 Å². The Morgan fingerprint density at radius 2 is 2.10 bits per heavy atom. The van der Waals surface area contributed by atoms with Gasteiger partial charge in [-0.05, 0) is 12.1 Å². The second-order valence-corrected chi connectivity index (χ2v) is 4.38. The molecule has 2 heterocycles. The quantitative estimate of drug-likeness (QED) is 0.762. The molecule has 0 aliphatic rings. The van der Waals surface area contributed by atoms with Crippen molar-refractivity contribution < 1.29 is 9.90 Å². The second-order valence-electron chi connectivity index (χ2n) is 4.38. The van der Waals surface area contributed by atoms with Gasteiger partial charge in [0.25, 0.3) is 0 Å². The summed E-state index contributed by atoms with van der Waals surface area (Å²) in [6.07, 6.45) is 1.77. The van der Waals surface area contributed by atoms with E-state index in [2.05, 4.69) is 15.4 Å². The highest BCUT2D eigenvalue weighted by Gasteiger charge is 2.14. The number of aromatic nitrogens is 3. The zero-order valence-electron chi connectivity index (χ0n) is 10.7. The third-order valence-electron chi connectivity index (χ3n) is 2.91. The van der Waals surface area contributed by atoms with E-state index in [1.807, 2.05) is 24.3 Å². The van der Waals surface area contributed by atoms with Crippen LogP contribution in [0.3, 0.4) is 0 Å². The summed E-state index contributed by atoms with van der Waals surface area (Å²) in [5, 5.41) is 17.2. The summed E-state index contributed by atoms with van der Waals surface area (Å²) >= 11 is 0. The molecule has 0 bridgehead atoms. The zero-order chi connectivity index (χ0) is 14.1. The molecule has 0 atom stereocenters. The molecule has 0 unspecified atom stereocenters. The summed E-state index contributed by atoms with van der Waals surface area (Å²) in [5.74, 6) is -0.186. The molecule has 0 saturated carbocycles. The van der Waals surface area contributed by atoms with Crippen molar-refractivity contribution in [3.05, 3.63) is 48.2 Å². The van der Waals surface area contributed by atoms with E-state index in [0.29, 0.717) is 5.82 Å². The minimum Gasteiger partial charge on any atom is -0.478 e. The Kier molecular flexibility index (Phi) is 2.83. The Morgan fingerprint density at radius 3 is 2.80 bits per heavy atom. The molecular formula is C14H12N4O2. The van der Waals surface area contributed by atoms with Crippen molar-refractivity contribution in [2.75, 3.05) is 5.32 Å². The Balaban J connectivity index is 2.11. The number of aryl methyl sites for hydroxylation is 1. The number of rotatable bonds is 3. The Hall–Kier alpha value is -2.89. The number of carboxylic acids is 1. The summed E-state index contributed by atoms with van der Waals surface area (Å²) in [6.45, 7) is 0. The normalized spacial score (nSPS) is 10.7. The van der Waals surface area contributed by atoms with E-state index >= 15 is 0 Å². The maximum atomic E-state index is 11.4. The van der Waals surface area contributed by atoms with Gasteiger partial charge in [-0.1, -0.05) is 18.2 Å². The van der Waals surface area contributed by atoms with Crippen molar-refractivity contribution >= 4 is 28.5 Å². The number of nitrogens with zero attached hydrogens (tertiary/aromatic N) is 3. The SMILES string of the molecule is Cn1ccc(Nc2nc3ccccc3cc2C(=O)O)n1. The summed E-state index contributed by atoms with van der Waals surface area (Å²) in [5.41, 5.74) is 0.852. The third-order valence-corrected chi connectivity index (χ3v) is 2.91. The standard InChI is InChI=1S/C14H12N4O2/c1-18-7-6-12(17-18)16-13-10(14(19)20)8-9-4-2-3-5-11(9)15-13/h2-8H,1H3,(H,19,20)(H,15,16,17). The molecule has 1 aromatic carbocycles. The highest BCUT2D eigenvalue weighted by Crippen LogP contribution is 2.22. The number of pyridine rings is 1. The molecule has 0 fully saturated rings. The van der Waals surface area contributed by atoms with Gasteiger partial charge >= 0.3 is 5.97 Å². The molecule has 0 amide bonds. The summed E-state index contributed by atoms with van der Waals surface area (Å²) in [7, 11) is 1.79. The molecule has 2 aromatic heterocycles. The number of carboxylic acid groups (broad SMARTS) is 1. The van der Waals surface area contributed by atoms with Crippen molar-refractivity contribution in [2.45, 2.75) is 0 Å². The van der Waals surface area contributed by atoms with Gasteiger partial charge in [-0.25, -0.2) is 9.78 Å². The van der Waals surface area contributed by atoms with Gasteiger partial charge in [-0.3, -0.25) is 4.68 Å². The maximum Gasteiger partial charge on any atom is 0.339 e. The second kappa shape index (κ2) is 4.65. The molecule has 20 heavy (non-hydrogen) atoms. The Labute approximate surface area is 114 Å². The molecule has 0 spiro atoms. The van der Waals surface area contributed by atoms with Gasteiger partial charge in [0.2, 0.25) is 0 Å². The number of hydrogen-bond donors (Lipinski definition) is 2. The number of benzene rings is 1. The predicted octanol–water partition coefficient (Wildman–Crippen LogP) is 2.41. The van der Waals surface area contributed by atoms with Crippen LogP contribution in [-0.4, -0.2) is 25.8 Å². The molecule has 0 aliphatic heterocycles. The molecule has 3 aromatic rings. The summed E-state index contributed by atoms with van der Waals surface area (Å²) in [4.78, 5) is 15.7. The molecule has 0 saturated heterocycles. The first kappa shape index (κ1) is 12.2. The molecule has 2 N–H and O–H groups in total. The third kappa shape index (κ3) is 2.18. The highest BCUT2D eigenvalue weighted by molar-refractivity contribution is 5.98. The maximum absolute atomic E-state index is 11.4. The fourth-order valence-corrected chi connectivity index (χ4v) is 1.98. The fourth-order valence-electron chi connectivity index (χ4n) is 1.98. The van der Waals surface area contributed by atoms with Gasteiger partial charge in [0, 0.05) is 24.7 Å². The van der Waals surface area contributed by atoms with Crippen LogP contribution in [0.25, 0.3) is 10.9 Å². The average Bonchev–Trinajstić information content (AvgIpc) is 2.83. The van der Waals surface area contributed by atoms with Crippen LogP contribution in [-0.2, 0) is 7.05 Å². The van der Waals surface area contributed by atoms with Crippen LogP contribution in [0.1, 0.15) is 10.4 Å². The van der Waals surface area contributed by atoms with Crippen LogP contribution in [0.15, 0.2) is 42.6 Å². The molecule has 6 nitrogen and oxygen atoms in total. The number of para-hydroxylation sites is 1. The van der Waals surface area contributed by atoms with Crippen molar-refractivity contribution in [2.24, 2.45) is 7.05 Å². The minimum atomic E-state index is -1.03. The first-order chi connectivity index (χ1) is 9.63. The van der Waals surface area contributed by atoms with E-state index in [4.69, 9.17) is 0 Å². The molecule has 3 rings (SSSR count). The molecule has 100 valence electrons. The highest BCUT2D eigenvalue weighted by atomic mass is 16.4. The van der Waals surface area contributed by atoms with E-state index in [0.717, 1.165) is 10.9 Å². The van der Waals surface area contributed by atoms with Crippen molar-refractivity contribution in [1.29, 1.82) is 0 Å². The Morgan fingerprint density at radius 1 is 1.30 bits per heavy atom. The summed E-state index contributed by atoms with van der Waals surface area (Å²) < 4.78 is 1.63. The average molecular weight is 268 g/mol. The van der Waals surface area contributed by atoms with Crippen LogP contribution < -0.4 is 5.32 Å². The molecule has 0 aliphatic carbocycles. The number of fused-ring (bicyclic) bond motifs is 1. The number of carbonyl (C=O) groups is 1. The lowest BCUT2D eigenvalue weighted by Crippen LogP contribution is -2.06. The number of hydrogen-bond acceptors (Lipinski definition) is 4. The van der Waals surface area contributed by atoms with E-state index < -0.39 is 5.97 Å². The minimum absolute atomic E-state index is 0.120. The van der Waals surface area contributed by atoms with Crippen molar-refractivity contribution in [3.63, 3.8) is 0 Å². The Bertz CT molecular complexity index is 795. The van der Waals surface area contributed by atoms with Crippen molar-refractivity contribution in [3.8, 4) is 0 Å². The van der Waals surface area contributed by atoms with Gasteiger partial charge in [0.15, 0.2) is 5.82 Å².